The Bertz CT molecular complexity index is 381. The third-order valence-corrected chi connectivity index (χ3v) is 4.86. The number of benzene rings is 1. The molecule has 0 fully saturated rings. The molecule has 0 bridgehead atoms. The molecule has 0 saturated carbocycles. The van der Waals surface area contributed by atoms with E-state index >= 15 is 0 Å². The predicted octanol–water partition coefficient (Wildman–Crippen LogP) is 4.73. The van der Waals surface area contributed by atoms with E-state index in [0.29, 0.717) is 6.04 Å². The molecule has 0 amide bonds. The highest BCUT2D eigenvalue weighted by atomic mass is 14.9. The summed E-state index contributed by atoms with van der Waals surface area (Å²) in [6.07, 6.45) is 6.66. The largest absolute Gasteiger partial charge is 0.310 e. The van der Waals surface area contributed by atoms with Crippen molar-refractivity contribution in [1.29, 1.82) is 0 Å². The minimum Gasteiger partial charge on any atom is -0.310 e. The standard InChI is InChI=1S/C18H29N/c1-4-14(5-2)13-16-12-11-15-9-7-8-10-17(15)18(16)19-6-3/h7-10,14,16,18-19H,4-6,11-13H2,1-3H3. The normalized spacial score (nSPS) is 22.5. The zero-order valence-corrected chi connectivity index (χ0v) is 12.8. The lowest BCUT2D eigenvalue weighted by Crippen LogP contribution is -2.33. The first-order chi connectivity index (χ1) is 9.30. The molecule has 1 aliphatic carbocycles. The van der Waals surface area contributed by atoms with E-state index in [1.54, 1.807) is 11.1 Å². The lowest BCUT2D eigenvalue weighted by molar-refractivity contribution is 0.255. The Balaban J connectivity index is 2.16. The number of rotatable bonds is 6. The highest BCUT2D eigenvalue weighted by Gasteiger charge is 2.29. The minimum absolute atomic E-state index is 0.579. The monoisotopic (exact) mass is 259 g/mol. The molecule has 1 heteroatoms. The quantitative estimate of drug-likeness (QED) is 0.779. The zero-order chi connectivity index (χ0) is 13.7. The zero-order valence-electron chi connectivity index (χ0n) is 12.8. The molecule has 2 unspecified atom stereocenters. The minimum atomic E-state index is 0.579. The van der Waals surface area contributed by atoms with Gasteiger partial charge in [-0.15, -0.1) is 0 Å². The number of fused-ring (bicyclic) bond motifs is 1. The molecule has 1 N–H and O–H groups in total. The van der Waals surface area contributed by atoms with E-state index in [1.807, 2.05) is 0 Å². The SMILES string of the molecule is CCNC1c2ccccc2CCC1CC(CC)CC. The second-order valence-corrected chi connectivity index (χ2v) is 5.95. The molecule has 1 aliphatic rings. The van der Waals surface area contributed by atoms with Gasteiger partial charge in [0.2, 0.25) is 0 Å². The maximum Gasteiger partial charge on any atom is 0.0351 e. The van der Waals surface area contributed by atoms with Crippen LogP contribution in [0.3, 0.4) is 0 Å². The smallest absolute Gasteiger partial charge is 0.0351 e. The van der Waals surface area contributed by atoms with Gasteiger partial charge in [-0.05, 0) is 48.8 Å². The molecule has 19 heavy (non-hydrogen) atoms. The second-order valence-electron chi connectivity index (χ2n) is 5.95. The van der Waals surface area contributed by atoms with Gasteiger partial charge in [-0.3, -0.25) is 0 Å². The van der Waals surface area contributed by atoms with Crippen LogP contribution in [0.25, 0.3) is 0 Å². The molecule has 0 aromatic heterocycles. The summed E-state index contributed by atoms with van der Waals surface area (Å²) in [7, 11) is 0. The molecule has 0 radical (unpaired) electrons. The average molecular weight is 259 g/mol. The van der Waals surface area contributed by atoms with Gasteiger partial charge in [0, 0.05) is 6.04 Å². The number of nitrogens with one attached hydrogen (secondary N) is 1. The number of hydrogen-bond donors (Lipinski definition) is 1. The van der Waals surface area contributed by atoms with E-state index in [-0.39, 0.29) is 0 Å². The van der Waals surface area contributed by atoms with Gasteiger partial charge < -0.3 is 5.32 Å². The van der Waals surface area contributed by atoms with Gasteiger partial charge in [-0.2, -0.15) is 0 Å². The van der Waals surface area contributed by atoms with Crippen LogP contribution in [0.1, 0.15) is 63.6 Å². The lowest BCUT2D eigenvalue weighted by Gasteiger charge is -2.36. The molecular weight excluding hydrogens is 230 g/mol. The van der Waals surface area contributed by atoms with E-state index < -0.39 is 0 Å². The average Bonchev–Trinajstić information content (AvgIpc) is 2.46. The Kier molecular flexibility index (Phi) is 5.45. The van der Waals surface area contributed by atoms with Crippen LogP contribution in [0.2, 0.25) is 0 Å². The van der Waals surface area contributed by atoms with Crippen LogP contribution in [0.5, 0.6) is 0 Å². The summed E-state index contributed by atoms with van der Waals surface area (Å²) in [5.74, 6) is 1.72. The summed E-state index contributed by atoms with van der Waals surface area (Å²) in [5.41, 5.74) is 3.13. The van der Waals surface area contributed by atoms with Gasteiger partial charge in [0.15, 0.2) is 0 Å². The predicted molar refractivity (Wildman–Crippen MR) is 83.4 cm³/mol. The van der Waals surface area contributed by atoms with Crippen molar-refractivity contribution in [2.45, 2.75) is 58.9 Å². The highest BCUT2D eigenvalue weighted by molar-refractivity contribution is 5.33. The van der Waals surface area contributed by atoms with E-state index in [1.165, 1.54) is 32.1 Å². The summed E-state index contributed by atoms with van der Waals surface area (Å²) in [6, 6.07) is 9.61. The Labute approximate surface area is 118 Å². The van der Waals surface area contributed by atoms with Gasteiger partial charge in [0.1, 0.15) is 0 Å². The van der Waals surface area contributed by atoms with E-state index in [0.717, 1.165) is 18.4 Å². The van der Waals surface area contributed by atoms with Gasteiger partial charge in [0.05, 0.1) is 0 Å². The van der Waals surface area contributed by atoms with Crippen molar-refractivity contribution in [3.8, 4) is 0 Å². The summed E-state index contributed by atoms with van der Waals surface area (Å²) in [4.78, 5) is 0. The van der Waals surface area contributed by atoms with E-state index in [9.17, 15) is 0 Å². The maximum absolute atomic E-state index is 3.74. The molecular formula is C18H29N. The van der Waals surface area contributed by atoms with E-state index in [4.69, 9.17) is 0 Å². The Morgan fingerprint density at radius 2 is 1.89 bits per heavy atom. The third kappa shape index (κ3) is 3.39. The van der Waals surface area contributed by atoms with Crippen LogP contribution in [-0.2, 0) is 6.42 Å². The summed E-state index contributed by atoms with van der Waals surface area (Å²) in [5, 5.41) is 3.74. The summed E-state index contributed by atoms with van der Waals surface area (Å²) in [6.45, 7) is 7.98. The van der Waals surface area contributed by atoms with Crippen molar-refractivity contribution >= 4 is 0 Å². The Hall–Kier alpha value is -0.820. The molecule has 2 atom stereocenters. The van der Waals surface area contributed by atoms with Crippen LogP contribution in [0.4, 0.5) is 0 Å². The third-order valence-electron chi connectivity index (χ3n) is 4.86. The molecule has 0 saturated heterocycles. The fourth-order valence-corrected chi connectivity index (χ4v) is 3.63. The van der Waals surface area contributed by atoms with Gasteiger partial charge in [0.25, 0.3) is 0 Å². The maximum atomic E-state index is 3.74. The van der Waals surface area contributed by atoms with Crippen molar-refractivity contribution in [1.82, 2.24) is 5.32 Å². The van der Waals surface area contributed by atoms with Gasteiger partial charge in [-0.1, -0.05) is 57.9 Å². The Morgan fingerprint density at radius 3 is 2.58 bits per heavy atom. The molecule has 1 aromatic rings. The topological polar surface area (TPSA) is 12.0 Å². The van der Waals surface area contributed by atoms with Crippen molar-refractivity contribution in [2.24, 2.45) is 11.8 Å². The van der Waals surface area contributed by atoms with Crippen LogP contribution in [0, 0.1) is 11.8 Å². The second kappa shape index (κ2) is 7.09. The van der Waals surface area contributed by atoms with Gasteiger partial charge >= 0.3 is 0 Å². The van der Waals surface area contributed by atoms with E-state index in [2.05, 4.69) is 50.4 Å². The lowest BCUT2D eigenvalue weighted by atomic mass is 9.75. The van der Waals surface area contributed by atoms with Crippen molar-refractivity contribution in [2.75, 3.05) is 6.54 Å². The van der Waals surface area contributed by atoms with Crippen LogP contribution >= 0.6 is 0 Å². The molecule has 106 valence electrons. The number of hydrogen-bond acceptors (Lipinski definition) is 1. The Morgan fingerprint density at radius 1 is 1.16 bits per heavy atom. The van der Waals surface area contributed by atoms with Gasteiger partial charge in [-0.25, -0.2) is 0 Å². The number of aryl methyl sites for hydroxylation is 1. The summed E-state index contributed by atoms with van der Waals surface area (Å²) >= 11 is 0. The molecule has 0 spiro atoms. The fraction of sp³-hybridized carbons (Fsp3) is 0.667. The molecule has 2 rings (SSSR count). The first kappa shape index (κ1) is 14.6. The van der Waals surface area contributed by atoms with Crippen molar-refractivity contribution < 1.29 is 0 Å². The molecule has 0 heterocycles. The summed E-state index contributed by atoms with van der Waals surface area (Å²) < 4.78 is 0. The van der Waals surface area contributed by atoms with Crippen LogP contribution < -0.4 is 5.32 Å². The highest BCUT2D eigenvalue weighted by Crippen LogP contribution is 2.38. The fourth-order valence-electron chi connectivity index (χ4n) is 3.63. The first-order valence-corrected chi connectivity index (χ1v) is 8.11. The van der Waals surface area contributed by atoms with Crippen molar-refractivity contribution in [3.63, 3.8) is 0 Å². The van der Waals surface area contributed by atoms with Crippen LogP contribution in [-0.4, -0.2) is 6.54 Å². The van der Waals surface area contributed by atoms with Crippen LogP contribution in [0.15, 0.2) is 24.3 Å². The molecule has 0 aliphatic heterocycles. The molecule has 1 nitrogen and oxygen atoms in total. The molecule has 1 aromatic carbocycles. The first-order valence-electron chi connectivity index (χ1n) is 8.11. The van der Waals surface area contributed by atoms with Crippen molar-refractivity contribution in [3.05, 3.63) is 35.4 Å².